The molecule has 24 heavy (non-hydrogen) atoms. The number of rotatable bonds is 5. The summed E-state index contributed by atoms with van der Waals surface area (Å²) in [6, 6.07) is 6.83. The lowest BCUT2D eigenvalue weighted by molar-refractivity contribution is 0.352. The molecule has 1 atom stereocenters. The van der Waals surface area contributed by atoms with Gasteiger partial charge in [0.1, 0.15) is 5.75 Å². The SMILES string of the molecule is CC(C)n1cc(C[C@@H](c2cnc[nH]2)c2cccc3c2OCC3)cn1. The van der Waals surface area contributed by atoms with Gasteiger partial charge in [0, 0.05) is 42.0 Å². The lowest BCUT2D eigenvalue weighted by Gasteiger charge is -2.18. The molecule has 124 valence electrons. The first-order valence-electron chi connectivity index (χ1n) is 8.48. The van der Waals surface area contributed by atoms with E-state index >= 15 is 0 Å². The minimum atomic E-state index is 0.186. The van der Waals surface area contributed by atoms with Crippen LogP contribution in [0.15, 0.2) is 43.1 Å². The molecule has 1 N–H and O–H groups in total. The molecule has 5 nitrogen and oxygen atoms in total. The van der Waals surface area contributed by atoms with E-state index in [2.05, 4.69) is 53.3 Å². The van der Waals surface area contributed by atoms with Gasteiger partial charge in [0.15, 0.2) is 0 Å². The Kier molecular flexibility index (Phi) is 3.84. The lowest BCUT2D eigenvalue weighted by Crippen LogP contribution is -2.07. The van der Waals surface area contributed by atoms with Crippen molar-refractivity contribution in [3.63, 3.8) is 0 Å². The minimum Gasteiger partial charge on any atom is -0.493 e. The Morgan fingerprint density at radius 2 is 2.21 bits per heavy atom. The zero-order valence-corrected chi connectivity index (χ0v) is 14.1. The Morgan fingerprint density at radius 3 is 2.96 bits per heavy atom. The molecular formula is C19H22N4O. The van der Waals surface area contributed by atoms with Crippen LogP contribution in [0.25, 0.3) is 0 Å². The molecule has 0 saturated carbocycles. The fourth-order valence-corrected chi connectivity index (χ4v) is 3.36. The number of hydrogen-bond acceptors (Lipinski definition) is 3. The van der Waals surface area contributed by atoms with Crippen LogP contribution in [-0.2, 0) is 12.8 Å². The predicted octanol–water partition coefficient (Wildman–Crippen LogP) is 3.50. The number of nitrogens with one attached hydrogen (secondary N) is 1. The van der Waals surface area contributed by atoms with Gasteiger partial charge in [0.25, 0.3) is 0 Å². The van der Waals surface area contributed by atoms with Crippen molar-refractivity contribution in [3.8, 4) is 5.75 Å². The van der Waals surface area contributed by atoms with E-state index in [4.69, 9.17) is 4.74 Å². The van der Waals surface area contributed by atoms with Gasteiger partial charge in [0.2, 0.25) is 0 Å². The number of nitrogens with zero attached hydrogens (tertiary/aromatic N) is 3. The standard InChI is InChI=1S/C19H22N4O/c1-13(2)23-11-14(9-22-23)8-17(18-10-20-12-21-18)16-5-3-4-15-6-7-24-19(15)16/h3-5,9-13,17H,6-8H2,1-2H3,(H,20,21)/t17-/m1/s1. The summed E-state index contributed by atoms with van der Waals surface area (Å²) in [5.74, 6) is 1.23. The van der Waals surface area contributed by atoms with Crippen molar-refractivity contribution in [2.24, 2.45) is 0 Å². The highest BCUT2D eigenvalue weighted by atomic mass is 16.5. The first kappa shape index (κ1) is 15.0. The van der Waals surface area contributed by atoms with E-state index in [1.165, 1.54) is 16.7 Å². The molecule has 0 saturated heterocycles. The maximum atomic E-state index is 5.93. The third-order valence-corrected chi connectivity index (χ3v) is 4.64. The Balaban J connectivity index is 1.72. The fourth-order valence-electron chi connectivity index (χ4n) is 3.36. The number of aromatic amines is 1. The van der Waals surface area contributed by atoms with Crippen LogP contribution in [0.1, 0.15) is 48.2 Å². The van der Waals surface area contributed by atoms with E-state index < -0.39 is 0 Å². The molecule has 2 aromatic heterocycles. The second-order valence-electron chi connectivity index (χ2n) is 6.62. The van der Waals surface area contributed by atoms with E-state index in [1.54, 1.807) is 6.33 Å². The van der Waals surface area contributed by atoms with Gasteiger partial charge in [0.05, 0.1) is 19.1 Å². The number of hydrogen-bond donors (Lipinski definition) is 1. The Labute approximate surface area is 141 Å². The third-order valence-electron chi connectivity index (χ3n) is 4.64. The van der Waals surface area contributed by atoms with Crippen molar-refractivity contribution < 1.29 is 4.74 Å². The van der Waals surface area contributed by atoms with Crippen molar-refractivity contribution in [2.75, 3.05) is 6.61 Å². The van der Waals surface area contributed by atoms with Gasteiger partial charge < -0.3 is 9.72 Å². The Hall–Kier alpha value is -2.56. The average Bonchev–Trinajstić information content (AvgIpc) is 3.31. The summed E-state index contributed by atoms with van der Waals surface area (Å²) in [6.45, 7) is 5.05. The van der Waals surface area contributed by atoms with Gasteiger partial charge in [-0.3, -0.25) is 4.68 Å². The summed E-state index contributed by atoms with van der Waals surface area (Å²) in [4.78, 5) is 7.50. The van der Waals surface area contributed by atoms with Gasteiger partial charge in [-0.15, -0.1) is 0 Å². The summed E-state index contributed by atoms with van der Waals surface area (Å²) in [5.41, 5.74) is 4.86. The maximum Gasteiger partial charge on any atom is 0.126 e. The van der Waals surface area contributed by atoms with Gasteiger partial charge in [-0.25, -0.2) is 4.98 Å². The van der Waals surface area contributed by atoms with Gasteiger partial charge >= 0.3 is 0 Å². The van der Waals surface area contributed by atoms with E-state index in [0.717, 1.165) is 30.9 Å². The van der Waals surface area contributed by atoms with Crippen molar-refractivity contribution >= 4 is 0 Å². The van der Waals surface area contributed by atoms with E-state index in [0.29, 0.717) is 6.04 Å². The Bertz CT molecular complexity index is 820. The van der Waals surface area contributed by atoms with E-state index in [-0.39, 0.29) is 5.92 Å². The highest BCUT2D eigenvalue weighted by Gasteiger charge is 2.25. The molecule has 0 aliphatic carbocycles. The van der Waals surface area contributed by atoms with Crippen LogP contribution in [0.3, 0.4) is 0 Å². The van der Waals surface area contributed by atoms with Crippen molar-refractivity contribution in [1.82, 2.24) is 19.7 Å². The largest absolute Gasteiger partial charge is 0.493 e. The zero-order valence-electron chi connectivity index (χ0n) is 14.1. The molecule has 0 bridgehead atoms. The molecule has 0 unspecified atom stereocenters. The predicted molar refractivity (Wildman–Crippen MR) is 92.4 cm³/mol. The second kappa shape index (κ2) is 6.15. The number of imidazole rings is 1. The fraction of sp³-hybridized carbons (Fsp3) is 0.368. The van der Waals surface area contributed by atoms with Crippen molar-refractivity contribution in [2.45, 2.75) is 38.6 Å². The van der Waals surface area contributed by atoms with Crippen LogP contribution >= 0.6 is 0 Å². The number of benzene rings is 1. The molecule has 3 aromatic rings. The minimum absolute atomic E-state index is 0.186. The van der Waals surface area contributed by atoms with Gasteiger partial charge in [-0.05, 0) is 31.4 Å². The molecule has 4 rings (SSSR count). The van der Waals surface area contributed by atoms with Crippen LogP contribution in [0.2, 0.25) is 0 Å². The number of para-hydroxylation sites is 1. The maximum absolute atomic E-state index is 5.93. The van der Waals surface area contributed by atoms with Gasteiger partial charge in [-0.1, -0.05) is 18.2 Å². The molecule has 1 aliphatic heterocycles. The van der Waals surface area contributed by atoms with Crippen LogP contribution < -0.4 is 4.74 Å². The molecule has 0 radical (unpaired) electrons. The smallest absolute Gasteiger partial charge is 0.126 e. The molecule has 5 heteroatoms. The topological polar surface area (TPSA) is 55.7 Å². The average molecular weight is 322 g/mol. The number of H-pyrrole nitrogens is 1. The van der Waals surface area contributed by atoms with Crippen molar-refractivity contribution in [1.29, 1.82) is 0 Å². The molecule has 1 aliphatic rings. The summed E-state index contributed by atoms with van der Waals surface area (Å²) in [7, 11) is 0. The Morgan fingerprint density at radius 1 is 1.29 bits per heavy atom. The summed E-state index contributed by atoms with van der Waals surface area (Å²) in [6.07, 6.45) is 9.61. The monoisotopic (exact) mass is 322 g/mol. The first-order chi connectivity index (χ1) is 11.7. The molecule has 0 spiro atoms. The molecule has 1 aromatic carbocycles. The van der Waals surface area contributed by atoms with Crippen LogP contribution in [0.5, 0.6) is 5.75 Å². The first-order valence-corrected chi connectivity index (χ1v) is 8.48. The van der Waals surface area contributed by atoms with E-state index in [1.807, 2.05) is 17.1 Å². The van der Waals surface area contributed by atoms with Gasteiger partial charge in [-0.2, -0.15) is 5.10 Å². The summed E-state index contributed by atoms with van der Waals surface area (Å²) in [5, 5.41) is 4.48. The molecule has 0 fully saturated rings. The highest BCUT2D eigenvalue weighted by Crippen LogP contribution is 2.38. The summed E-state index contributed by atoms with van der Waals surface area (Å²) >= 11 is 0. The normalized spacial score (nSPS) is 14.6. The number of ether oxygens (including phenoxy) is 1. The molecule has 0 amide bonds. The van der Waals surface area contributed by atoms with Crippen molar-refractivity contribution in [3.05, 3.63) is 65.5 Å². The lowest BCUT2D eigenvalue weighted by atomic mass is 9.88. The second-order valence-corrected chi connectivity index (χ2v) is 6.62. The van der Waals surface area contributed by atoms with Crippen LogP contribution in [0, 0.1) is 0 Å². The van der Waals surface area contributed by atoms with E-state index in [9.17, 15) is 0 Å². The quantitative estimate of drug-likeness (QED) is 0.782. The highest BCUT2D eigenvalue weighted by molar-refractivity contribution is 5.48. The molecule has 3 heterocycles. The van der Waals surface area contributed by atoms with Crippen LogP contribution in [-0.4, -0.2) is 26.4 Å². The number of fused-ring (bicyclic) bond motifs is 1. The van der Waals surface area contributed by atoms with Crippen LogP contribution in [0.4, 0.5) is 0 Å². The molecular weight excluding hydrogens is 300 g/mol. The third kappa shape index (κ3) is 2.70. The summed E-state index contributed by atoms with van der Waals surface area (Å²) < 4.78 is 7.94. The number of aromatic nitrogens is 4. The zero-order chi connectivity index (χ0) is 16.5.